The number of ether oxygens (including phenoxy) is 1. The van der Waals surface area contributed by atoms with E-state index in [1.807, 2.05) is 26.0 Å². The molecule has 1 aromatic carbocycles. The van der Waals surface area contributed by atoms with Crippen molar-refractivity contribution in [3.8, 4) is 11.6 Å². The predicted molar refractivity (Wildman–Crippen MR) is 72.1 cm³/mol. The number of hydrogen-bond acceptors (Lipinski definition) is 4. The maximum Gasteiger partial charge on any atom is 0.227 e. The van der Waals surface area contributed by atoms with E-state index in [0.29, 0.717) is 28.9 Å². The Kier molecular flexibility index (Phi) is 3.67. The minimum absolute atomic E-state index is 0.453. The summed E-state index contributed by atoms with van der Waals surface area (Å²) < 4.78 is 5.78. The summed E-state index contributed by atoms with van der Waals surface area (Å²) in [5.74, 6) is 1.66. The van der Waals surface area contributed by atoms with Crippen LogP contribution in [0, 0.1) is 6.92 Å². The number of nitrogen functional groups attached to an aromatic ring is 1. The Labute approximate surface area is 111 Å². The Balaban J connectivity index is 2.37. The highest BCUT2D eigenvalue weighted by atomic mass is 35.5. The smallest absolute Gasteiger partial charge is 0.227 e. The molecule has 0 atom stereocenters. The average molecular weight is 264 g/mol. The fourth-order valence-electron chi connectivity index (χ4n) is 1.66. The van der Waals surface area contributed by atoms with Gasteiger partial charge in [-0.15, -0.1) is 0 Å². The number of benzene rings is 1. The Bertz CT molecular complexity index is 572. The Morgan fingerprint density at radius 2 is 2.11 bits per heavy atom. The van der Waals surface area contributed by atoms with Gasteiger partial charge in [0.05, 0.1) is 5.56 Å². The van der Waals surface area contributed by atoms with Crippen LogP contribution in [-0.4, -0.2) is 9.97 Å². The maximum absolute atomic E-state index is 5.90. The van der Waals surface area contributed by atoms with E-state index in [9.17, 15) is 0 Å². The van der Waals surface area contributed by atoms with E-state index >= 15 is 0 Å². The molecule has 0 spiro atoms. The molecule has 2 rings (SSSR count). The first-order chi connectivity index (χ1) is 8.61. The fourth-order valence-corrected chi connectivity index (χ4v) is 1.89. The van der Waals surface area contributed by atoms with Crippen LogP contribution in [0.3, 0.4) is 0 Å². The first-order valence-electron chi connectivity index (χ1n) is 5.65. The van der Waals surface area contributed by atoms with Crippen molar-refractivity contribution in [2.24, 2.45) is 0 Å². The summed E-state index contributed by atoms with van der Waals surface area (Å²) in [6, 6.07) is 5.43. The molecule has 0 unspecified atom stereocenters. The van der Waals surface area contributed by atoms with Gasteiger partial charge in [-0.3, -0.25) is 0 Å². The first kappa shape index (κ1) is 12.6. The molecule has 0 aliphatic heterocycles. The molecule has 0 bridgehead atoms. The summed E-state index contributed by atoms with van der Waals surface area (Å²) in [6.07, 6.45) is 2.11. The minimum Gasteiger partial charge on any atom is -0.438 e. The van der Waals surface area contributed by atoms with E-state index < -0.39 is 0 Å². The highest BCUT2D eigenvalue weighted by Gasteiger charge is 2.10. The normalized spacial score (nSPS) is 10.4. The number of anilines is 1. The van der Waals surface area contributed by atoms with Gasteiger partial charge in [0.1, 0.15) is 17.9 Å². The molecule has 1 aromatic heterocycles. The number of hydrogen-bond donors (Lipinski definition) is 1. The van der Waals surface area contributed by atoms with E-state index in [-0.39, 0.29) is 0 Å². The van der Waals surface area contributed by atoms with Crippen molar-refractivity contribution >= 4 is 17.4 Å². The summed E-state index contributed by atoms with van der Waals surface area (Å²) in [6.45, 7) is 3.91. The van der Waals surface area contributed by atoms with E-state index in [2.05, 4.69) is 9.97 Å². The van der Waals surface area contributed by atoms with E-state index in [0.717, 1.165) is 11.1 Å². The average Bonchev–Trinajstić information content (AvgIpc) is 2.33. The second-order valence-corrected chi connectivity index (χ2v) is 4.34. The van der Waals surface area contributed by atoms with E-state index in [1.165, 1.54) is 6.33 Å². The van der Waals surface area contributed by atoms with Crippen molar-refractivity contribution in [2.45, 2.75) is 20.3 Å². The molecule has 18 heavy (non-hydrogen) atoms. The van der Waals surface area contributed by atoms with Gasteiger partial charge in [0.2, 0.25) is 5.88 Å². The highest BCUT2D eigenvalue weighted by molar-refractivity contribution is 6.30. The zero-order valence-corrected chi connectivity index (χ0v) is 11.0. The summed E-state index contributed by atoms with van der Waals surface area (Å²) in [5.41, 5.74) is 7.55. The number of rotatable bonds is 3. The monoisotopic (exact) mass is 263 g/mol. The number of nitrogens with zero attached hydrogens (tertiary/aromatic N) is 2. The third-order valence-corrected chi connectivity index (χ3v) is 2.87. The van der Waals surface area contributed by atoms with Gasteiger partial charge < -0.3 is 10.5 Å². The largest absolute Gasteiger partial charge is 0.438 e. The molecular formula is C13H14ClN3O. The van der Waals surface area contributed by atoms with Gasteiger partial charge in [-0.2, -0.15) is 0 Å². The fraction of sp³-hybridized carbons (Fsp3) is 0.231. The van der Waals surface area contributed by atoms with E-state index in [4.69, 9.17) is 22.1 Å². The summed E-state index contributed by atoms with van der Waals surface area (Å²) in [5, 5.41) is 0.678. The zero-order chi connectivity index (χ0) is 13.1. The van der Waals surface area contributed by atoms with Crippen molar-refractivity contribution < 1.29 is 4.74 Å². The molecule has 0 saturated carbocycles. The lowest BCUT2D eigenvalue weighted by molar-refractivity contribution is 0.452. The lowest BCUT2D eigenvalue weighted by Crippen LogP contribution is -2.02. The van der Waals surface area contributed by atoms with Gasteiger partial charge in [0.25, 0.3) is 0 Å². The van der Waals surface area contributed by atoms with Crippen LogP contribution >= 0.6 is 11.6 Å². The van der Waals surface area contributed by atoms with Crippen LogP contribution in [0.5, 0.6) is 11.6 Å². The van der Waals surface area contributed by atoms with Crippen molar-refractivity contribution in [3.05, 3.63) is 40.7 Å². The van der Waals surface area contributed by atoms with Gasteiger partial charge in [-0.25, -0.2) is 9.97 Å². The predicted octanol–water partition coefficient (Wildman–Crippen LogP) is 3.38. The Hall–Kier alpha value is -1.81. The molecule has 1 heterocycles. The molecule has 0 radical (unpaired) electrons. The number of aromatic nitrogens is 2. The lowest BCUT2D eigenvalue weighted by atomic mass is 10.2. The van der Waals surface area contributed by atoms with Crippen molar-refractivity contribution in [1.29, 1.82) is 0 Å². The van der Waals surface area contributed by atoms with Gasteiger partial charge in [-0.1, -0.05) is 18.5 Å². The molecule has 94 valence electrons. The summed E-state index contributed by atoms with van der Waals surface area (Å²) in [7, 11) is 0. The third kappa shape index (κ3) is 2.54. The third-order valence-electron chi connectivity index (χ3n) is 2.64. The Morgan fingerprint density at radius 3 is 2.78 bits per heavy atom. The molecule has 0 fully saturated rings. The Morgan fingerprint density at radius 1 is 1.33 bits per heavy atom. The van der Waals surface area contributed by atoms with Crippen molar-refractivity contribution in [3.63, 3.8) is 0 Å². The topological polar surface area (TPSA) is 61.0 Å². The van der Waals surface area contributed by atoms with Crippen LogP contribution in [0.4, 0.5) is 5.82 Å². The second kappa shape index (κ2) is 5.23. The molecule has 2 N–H and O–H groups in total. The molecular weight excluding hydrogens is 250 g/mol. The molecule has 2 aromatic rings. The molecule has 0 amide bonds. The minimum atomic E-state index is 0.453. The van der Waals surface area contributed by atoms with Gasteiger partial charge in [0.15, 0.2) is 0 Å². The van der Waals surface area contributed by atoms with Crippen molar-refractivity contribution in [2.75, 3.05) is 5.73 Å². The van der Waals surface area contributed by atoms with Crippen LogP contribution in [-0.2, 0) is 6.42 Å². The van der Waals surface area contributed by atoms with Gasteiger partial charge in [-0.05, 0) is 37.1 Å². The molecule has 0 aliphatic rings. The van der Waals surface area contributed by atoms with E-state index in [1.54, 1.807) is 6.07 Å². The second-order valence-electron chi connectivity index (χ2n) is 3.91. The maximum atomic E-state index is 5.90. The van der Waals surface area contributed by atoms with Gasteiger partial charge in [0, 0.05) is 5.02 Å². The standard InChI is InChI=1S/C13H14ClN3O/c1-3-10-12(15)16-7-17-13(10)18-11-5-4-9(14)6-8(11)2/h4-7H,3H2,1-2H3,(H2,15,16,17). The lowest BCUT2D eigenvalue weighted by Gasteiger charge is -2.11. The van der Waals surface area contributed by atoms with Crippen molar-refractivity contribution in [1.82, 2.24) is 9.97 Å². The number of nitrogens with two attached hydrogens (primary N) is 1. The summed E-state index contributed by atoms with van der Waals surface area (Å²) >= 11 is 5.90. The quantitative estimate of drug-likeness (QED) is 0.922. The van der Waals surface area contributed by atoms with Crippen LogP contribution in [0.15, 0.2) is 24.5 Å². The van der Waals surface area contributed by atoms with Crippen LogP contribution in [0.2, 0.25) is 5.02 Å². The molecule has 4 nitrogen and oxygen atoms in total. The molecule has 5 heteroatoms. The summed E-state index contributed by atoms with van der Waals surface area (Å²) in [4.78, 5) is 8.08. The van der Waals surface area contributed by atoms with Crippen LogP contribution in [0.25, 0.3) is 0 Å². The number of halogens is 1. The van der Waals surface area contributed by atoms with Gasteiger partial charge >= 0.3 is 0 Å². The van der Waals surface area contributed by atoms with Crippen LogP contribution in [0.1, 0.15) is 18.1 Å². The SMILES string of the molecule is CCc1c(N)ncnc1Oc1ccc(Cl)cc1C. The van der Waals surface area contributed by atoms with Crippen LogP contribution < -0.4 is 10.5 Å². The number of aryl methyl sites for hydroxylation is 1. The highest BCUT2D eigenvalue weighted by Crippen LogP contribution is 2.29. The first-order valence-corrected chi connectivity index (χ1v) is 6.03. The molecule has 0 aliphatic carbocycles. The zero-order valence-electron chi connectivity index (χ0n) is 10.3. The molecule has 0 saturated heterocycles.